The first-order valence-electron chi connectivity index (χ1n) is 5.04. The second-order valence-corrected chi connectivity index (χ2v) is 3.24. The van der Waals surface area contributed by atoms with E-state index in [1.165, 1.54) is 0 Å². The van der Waals surface area contributed by atoms with E-state index in [1.807, 2.05) is 32.2 Å². The van der Waals surface area contributed by atoms with Gasteiger partial charge in [-0.1, -0.05) is 0 Å². The molecular weight excluding hydrogens is 188 g/mol. The van der Waals surface area contributed by atoms with Crippen molar-refractivity contribution >= 4 is 16.5 Å². The lowest BCUT2D eigenvalue weighted by molar-refractivity contribution is 0.331. The molecule has 0 aliphatic heterocycles. The van der Waals surface area contributed by atoms with Crippen LogP contribution in [0, 0.1) is 0 Å². The molecule has 0 saturated carbocycles. The van der Waals surface area contributed by atoms with Crippen LogP contribution in [0.5, 0.6) is 5.88 Å². The minimum Gasteiger partial charge on any atom is -0.478 e. The third-order valence-corrected chi connectivity index (χ3v) is 2.30. The molecule has 1 N–H and O–H groups in total. The van der Waals surface area contributed by atoms with Crippen LogP contribution in [0.25, 0.3) is 10.8 Å². The minimum absolute atomic E-state index is 0.639. The number of hydrogen-bond donors (Lipinski definition) is 1. The fraction of sp³-hybridized carbons (Fsp3) is 0.250. The molecule has 3 heteroatoms. The van der Waals surface area contributed by atoms with E-state index in [1.54, 1.807) is 6.20 Å². The predicted octanol–water partition coefficient (Wildman–Crippen LogP) is 2.68. The van der Waals surface area contributed by atoms with Crippen LogP contribution in [0.4, 0.5) is 5.69 Å². The summed E-state index contributed by atoms with van der Waals surface area (Å²) in [5.41, 5.74) is 1.09. The van der Waals surface area contributed by atoms with E-state index in [-0.39, 0.29) is 0 Å². The van der Waals surface area contributed by atoms with Crippen molar-refractivity contribution in [1.82, 2.24) is 4.98 Å². The second-order valence-electron chi connectivity index (χ2n) is 3.24. The van der Waals surface area contributed by atoms with Crippen LogP contribution >= 0.6 is 0 Å². The summed E-state index contributed by atoms with van der Waals surface area (Å²) in [6.07, 6.45) is 1.77. The Labute approximate surface area is 89.1 Å². The maximum atomic E-state index is 5.46. The zero-order valence-electron chi connectivity index (χ0n) is 8.95. The van der Waals surface area contributed by atoms with Gasteiger partial charge in [-0.15, -0.1) is 0 Å². The van der Waals surface area contributed by atoms with Crippen molar-refractivity contribution in [1.29, 1.82) is 0 Å². The summed E-state index contributed by atoms with van der Waals surface area (Å²) in [7, 11) is 1.91. The molecule has 1 aromatic carbocycles. The van der Waals surface area contributed by atoms with E-state index in [0.717, 1.165) is 16.5 Å². The van der Waals surface area contributed by atoms with E-state index in [4.69, 9.17) is 4.74 Å². The molecule has 0 aliphatic rings. The molecule has 0 atom stereocenters. The molecule has 0 saturated heterocycles. The van der Waals surface area contributed by atoms with Crippen LogP contribution in [-0.2, 0) is 0 Å². The Morgan fingerprint density at radius 2 is 2.20 bits per heavy atom. The number of ether oxygens (including phenoxy) is 1. The van der Waals surface area contributed by atoms with Gasteiger partial charge in [-0.25, -0.2) is 4.98 Å². The predicted molar refractivity (Wildman–Crippen MR) is 62.5 cm³/mol. The molecular formula is C12H14N2O. The van der Waals surface area contributed by atoms with Gasteiger partial charge in [0.25, 0.3) is 0 Å². The van der Waals surface area contributed by atoms with Crippen molar-refractivity contribution in [2.24, 2.45) is 0 Å². The van der Waals surface area contributed by atoms with Crippen molar-refractivity contribution in [2.45, 2.75) is 6.92 Å². The Morgan fingerprint density at radius 3 is 2.93 bits per heavy atom. The number of nitrogens with one attached hydrogen (secondary N) is 1. The number of fused-ring (bicyclic) bond motifs is 1. The lowest BCUT2D eigenvalue weighted by atomic mass is 10.1. The standard InChI is InChI=1S/C12H14N2O/c1-3-15-12-11-5-4-10(13-2)8-9(11)6-7-14-12/h4-8,13H,3H2,1-2H3. The van der Waals surface area contributed by atoms with Gasteiger partial charge in [0.1, 0.15) is 0 Å². The summed E-state index contributed by atoms with van der Waals surface area (Å²) >= 11 is 0. The van der Waals surface area contributed by atoms with E-state index >= 15 is 0 Å². The lowest BCUT2D eigenvalue weighted by Gasteiger charge is -2.07. The molecule has 3 nitrogen and oxygen atoms in total. The number of benzene rings is 1. The van der Waals surface area contributed by atoms with Gasteiger partial charge in [0.2, 0.25) is 5.88 Å². The molecule has 1 heterocycles. The Morgan fingerprint density at radius 1 is 1.33 bits per heavy atom. The zero-order chi connectivity index (χ0) is 10.7. The molecule has 0 spiro atoms. The van der Waals surface area contributed by atoms with Crippen molar-refractivity contribution in [3.05, 3.63) is 30.5 Å². The van der Waals surface area contributed by atoms with Gasteiger partial charge >= 0.3 is 0 Å². The van der Waals surface area contributed by atoms with Crippen molar-refractivity contribution in [3.8, 4) is 5.88 Å². The fourth-order valence-corrected chi connectivity index (χ4v) is 1.56. The van der Waals surface area contributed by atoms with Crippen molar-refractivity contribution in [3.63, 3.8) is 0 Å². The van der Waals surface area contributed by atoms with Gasteiger partial charge in [0.05, 0.1) is 6.61 Å². The topological polar surface area (TPSA) is 34.1 Å². The van der Waals surface area contributed by atoms with Gasteiger partial charge in [0.15, 0.2) is 0 Å². The quantitative estimate of drug-likeness (QED) is 0.830. The van der Waals surface area contributed by atoms with Crippen LogP contribution in [0.15, 0.2) is 30.5 Å². The van der Waals surface area contributed by atoms with Crippen molar-refractivity contribution < 1.29 is 4.74 Å². The smallest absolute Gasteiger partial charge is 0.221 e. The first-order valence-corrected chi connectivity index (χ1v) is 5.04. The largest absolute Gasteiger partial charge is 0.478 e. The summed E-state index contributed by atoms with van der Waals surface area (Å²) in [4.78, 5) is 4.21. The Balaban J connectivity index is 2.56. The van der Waals surface area contributed by atoms with E-state index in [0.29, 0.717) is 12.5 Å². The SMILES string of the molecule is CCOc1nccc2cc(NC)ccc12. The fourth-order valence-electron chi connectivity index (χ4n) is 1.56. The summed E-state index contributed by atoms with van der Waals surface area (Å²) in [5.74, 6) is 0.706. The van der Waals surface area contributed by atoms with Gasteiger partial charge in [-0.3, -0.25) is 0 Å². The molecule has 0 bridgehead atoms. The number of rotatable bonds is 3. The molecule has 15 heavy (non-hydrogen) atoms. The Bertz CT molecular complexity index is 468. The highest BCUT2D eigenvalue weighted by Crippen LogP contribution is 2.25. The van der Waals surface area contributed by atoms with Crippen LogP contribution in [0.2, 0.25) is 0 Å². The number of pyridine rings is 1. The molecule has 0 amide bonds. The number of aromatic nitrogens is 1. The maximum absolute atomic E-state index is 5.46. The maximum Gasteiger partial charge on any atom is 0.221 e. The van der Waals surface area contributed by atoms with Crippen LogP contribution in [0.3, 0.4) is 0 Å². The summed E-state index contributed by atoms with van der Waals surface area (Å²) in [6, 6.07) is 8.12. The van der Waals surface area contributed by atoms with Gasteiger partial charge < -0.3 is 10.1 Å². The minimum atomic E-state index is 0.639. The van der Waals surface area contributed by atoms with Gasteiger partial charge in [0, 0.05) is 24.3 Å². The normalized spacial score (nSPS) is 10.3. The molecule has 1 aromatic heterocycles. The highest BCUT2D eigenvalue weighted by atomic mass is 16.5. The molecule has 0 radical (unpaired) electrons. The number of hydrogen-bond acceptors (Lipinski definition) is 3. The third-order valence-electron chi connectivity index (χ3n) is 2.30. The second kappa shape index (κ2) is 4.17. The molecule has 78 valence electrons. The highest BCUT2D eigenvalue weighted by molar-refractivity contribution is 5.89. The molecule has 0 aliphatic carbocycles. The Kier molecular flexibility index (Phi) is 2.72. The lowest BCUT2D eigenvalue weighted by Crippen LogP contribution is -1.95. The average Bonchev–Trinajstić information content (AvgIpc) is 2.29. The third kappa shape index (κ3) is 1.86. The van der Waals surface area contributed by atoms with Crippen LogP contribution in [0.1, 0.15) is 6.92 Å². The van der Waals surface area contributed by atoms with Crippen LogP contribution in [-0.4, -0.2) is 18.6 Å². The highest BCUT2D eigenvalue weighted by Gasteiger charge is 2.02. The molecule has 2 rings (SSSR count). The Hall–Kier alpha value is -1.77. The molecule has 0 unspecified atom stereocenters. The monoisotopic (exact) mass is 202 g/mol. The van der Waals surface area contributed by atoms with E-state index in [9.17, 15) is 0 Å². The average molecular weight is 202 g/mol. The van der Waals surface area contributed by atoms with E-state index < -0.39 is 0 Å². The molecule has 2 aromatic rings. The first-order chi connectivity index (χ1) is 7.35. The van der Waals surface area contributed by atoms with Gasteiger partial charge in [-0.05, 0) is 36.6 Å². The first kappa shape index (κ1) is 9.77. The van der Waals surface area contributed by atoms with E-state index in [2.05, 4.69) is 16.4 Å². The summed E-state index contributed by atoms with van der Waals surface area (Å²) < 4.78 is 5.46. The summed E-state index contributed by atoms with van der Waals surface area (Å²) in [5, 5.41) is 5.30. The zero-order valence-corrected chi connectivity index (χ0v) is 8.95. The van der Waals surface area contributed by atoms with Crippen LogP contribution < -0.4 is 10.1 Å². The molecule has 0 fully saturated rings. The number of nitrogens with zero attached hydrogens (tertiary/aromatic N) is 1. The van der Waals surface area contributed by atoms with Crippen molar-refractivity contribution in [2.75, 3.05) is 19.0 Å². The van der Waals surface area contributed by atoms with Gasteiger partial charge in [-0.2, -0.15) is 0 Å². The number of anilines is 1. The summed E-state index contributed by atoms with van der Waals surface area (Å²) in [6.45, 7) is 2.60.